The third-order valence-corrected chi connectivity index (χ3v) is 12.9. The summed E-state index contributed by atoms with van der Waals surface area (Å²) in [5, 5.41) is 10.8. The zero-order valence-electron chi connectivity index (χ0n) is 33.4. The molecule has 0 spiro atoms. The molecular formula is C41H44BrCl4N13O2. The van der Waals surface area contributed by atoms with Crippen LogP contribution in [0.3, 0.4) is 0 Å². The number of benzene rings is 2. The Hall–Kier alpha value is -4.32. The first-order chi connectivity index (χ1) is 29.4. The molecule has 15 nitrogen and oxygen atoms in total. The van der Waals surface area contributed by atoms with Crippen LogP contribution < -0.4 is 25.0 Å². The van der Waals surface area contributed by atoms with Crippen LogP contribution >= 0.6 is 62.3 Å². The van der Waals surface area contributed by atoms with E-state index in [1.54, 1.807) is 36.0 Å². The van der Waals surface area contributed by atoms with Gasteiger partial charge in [0.2, 0.25) is 4.73 Å². The van der Waals surface area contributed by atoms with Gasteiger partial charge in [-0.05, 0) is 108 Å². The number of aromatic nitrogens is 10. The van der Waals surface area contributed by atoms with Crippen LogP contribution in [0.4, 0.5) is 11.6 Å². The number of ether oxygens (including phenoxy) is 2. The molecule has 20 heteroatoms. The molecular weight excluding hydrogens is 928 g/mol. The third-order valence-electron chi connectivity index (χ3n) is 11.7. The number of piperidine rings is 2. The summed E-state index contributed by atoms with van der Waals surface area (Å²) < 4.78 is 15.1. The summed E-state index contributed by atoms with van der Waals surface area (Å²) in [4.78, 5) is 29.9. The summed E-state index contributed by atoms with van der Waals surface area (Å²) in [7, 11) is 3.60. The summed E-state index contributed by atoms with van der Waals surface area (Å²) in [6.07, 6.45) is 8.87. The molecule has 4 aliphatic rings. The highest BCUT2D eigenvalue weighted by Gasteiger charge is 2.43. The minimum absolute atomic E-state index is 0.383. The first-order valence-corrected chi connectivity index (χ1v) is 22.3. The zero-order valence-corrected chi connectivity index (χ0v) is 38.0. The first-order valence-electron chi connectivity index (χ1n) is 20.0. The second-order valence-electron chi connectivity index (χ2n) is 15.7. The Balaban J connectivity index is 0.000000139. The van der Waals surface area contributed by atoms with Crippen LogP contribution in [-0.4, -0.2) is 81.7 Å². The van der Waals surface area contributed by atoms with Gasteiger partial charge in [0.1, 0.15) is 46.1 Å². The Kier molecular flexibility index (Phi) is 13.8. The van der Waals surface area contributed by atoms with Gasteiger partial charge in [-0.15, -0.1) is 5.10 Å². The molecule has 61 heavy (non-hydrogen) atoms. The Morgan fingerprint density at radius 3 is 1.59 bits per heavy atom. The fourth-order valence-corrected chi connectivity index (χ4v) is 9.84. The lowest BCUT2D eigenvalue weighted by molar-refractivity contribution is 0.264. The summed E-state index contributed by atoms with van der Waals surface area (Å²) in [5.41, 5.74) is 6.17. The standard InChI is InChI=1S/C21H22Cl2N6O.C11H15ClN4.C9H7BrClN3O/c1-28-21(30-16-4-2-3-15(22)7-16)26-19(27-28)8-17-13-5-6-14(17)11-29(10-13)20-9-18(23)24-12-25-20;12-9-3-10(15-6-14-9)16-4-7-1-2-8(5-16)11(7)13;1-14-9(12-8(10)13-14)15-7-4-2-3-6(11)5-7/h2-4,7,9,12-14,17H,5-6,8,10-11H2,1H3;3,6-8,11H,1-2,4-5,13H2;2-5H,1H3. The van der Waals surface area contributed by atoms with Crippen LogP contribution in [0, 0.1) is 29.6 Å². The summed E-state index contributed by atoms with van der Waals surface area (Å²) in [6.45, 7) is 3.97. The van der Waals surface area contributed by atoms with Crippen molar-refractivity contribution in [3.05, 3.63) is 104 Å². The monoisotopic (exact) mass is 969 g/mol. The Bertz CT molecular complexity index is 2410. The topological polar surface area (TPSA) is 164 Å². The molecule has 6 heterocycles. The second-order valence-corrected chi connectivity index (χ2v) is 18.0. The van der Waals surface area contributed by atoms with Gasteiger partial charge in [0, 0.05) is 74.9 Å². The maximum atomic E-state index is 6.17. The van der Waals surface area contributed by atoms with Gasteiger partial charge in [-0.2, -0.15) is 15.1 Å². The van der Waals surface area contributed by atoms with Crippen molar-refractivity contribution >= 4 is 74.0 Å². The van der Waals surface area contributed by atoms with E-state index in [9.17, 15) is 0 Å². The van der Waals surface area contributed by atoms with Crippen molar-refractivity contribution in [3.8, 4) is 23.5 Å². The van der Waals surface area contributed by atoms with E-state index in [-0.39, 0.29) is 0 Å². The summed E-state index contributed by atoms with van der Waals surface area (Å²) in [6, 6.07) is 19.3. The van der Waals surface area contributed by atoms with E-state index in [0.29, 0.717) is 84.2 Å². The van der Waals surface area contributed by atoms with E-state index < -0.39 is 0 Å². The van der Waals surface area contributed by atoms with Gasteiger partial charge >= 0.3 is 12.0 Å². The quantitative estimate of drug-likeness (QED) is 0.144. The second kappa shape index (κ2) is 19.4. The fraction of sp³-hybridized carbons (Fsp3) is 0.415. The third kappa shape index (κ3) is 10.8. The van der Waals surface area contributed by atoms with Crippen LogP contribution in [0.2, 0.25) is 20.4 Å². The van der Waals surface area contributed by atoms with Crippen LogP contribution in [0.25, 0.3) is 0 Å². The van der Waals surface area contributed by atoms with Crippen LogP contribution in [0.1, 0.15) is 31.5 Å². The van der Waals surface area contributed by atoms with E-state index >= 15 is 0 Å². The number of hydrogen-bond acceptors (Lipinski definition) is 13. The lowest BCUT2D eigenvalue weighted by Crippen LogP contribution is -2.49. The molecule has 2 saturated heterocycles. The smallest absolute Gasteiger partial charge is 0.321 e. The molecule has 320 valence electrons. The molecule has 0 radical (unpaired) electrons. The SMILES string of the molecule is Cn1nc(Br)nc1Oc1cccc(Cl)c1.Cn1nc(CC2C3CCC2CN(c2cc(Cl)ncn2)C3)nc1Oc1cccc(Cl)c1.NC1C2CCC1CN(c1cc(Cl)ncn1)C2. The van der Waals surface area contributed by atoms with Crippen LogP contribution in [-0.2, 0) is 20.5 Å². The average molecular weight is 973 g/mol. The van der Waals surface area contributed by atoms with Crippen molar-refractivity contribution in [2.75, 3.05) is 36.0 Å². The highest BCUT2D eigenvalue weighted by Crippen LogP contribution is 2.44. The molecule has 2 N–H and O–H groups in total. The van der Waals surface area contributed by atoms with Crippen molar-refractivity contribution in [1.82, 2.24) is 49.5 Å². The van der Waals surface area contributed by atoms with E-state index in [4.69, 9.17) is 61.6 Å². The van der Waals surface area contributed by atoms with Gasteiger partial charge in [-0.1, -0.05) is 58.5 Å². The number of nitrogens with two attached hydrogens (primary N) is 1. The van der Waals surface area contributed by atoms with Crippen molar-refractivity contribution in [2.24, 2.45) is 49.4 Å². The normalized spacial score (nSPS) is 22.6. The number of rotatable bonds is 8. The number of halogens is 5. The van der Waals surface area contributed by atoms with Crippen LogP contribution in [0.15, 0.2) is 78.1 Å². The number of hydrogen-bond donors (Lipinski definition) is 1. The summed E-state index contributed by atoms with van der Waals surface area (Å²) >= 11 is 27.0. The lowest BCUT2D eigenvalue weighted by Gasteiger charge is -2.38. The molecule has 2 aliphatic carbocycles. The molecule has 4 atom stereocenters. The summed E-state index contributed by atoms with van der Waals surface area (Å²) in [5.74, 6) is 6.96. The Labute approximate surface area is 382 Å². The largest absolute Gasteiger partial charge is 0.424 e. The van der Waals surface area contributed by atoms with Gasteiger partial charge in [-0.3, -0.25) is 0 Å². The number of anilines is 2. The lowest BCUT2D eigenvalue weighted by atomic mass is 9.82. The van der Waals surface area contributed by atoms with Gasteiger partial charge in [0.25, 0.3) is 0 Å². The molecule has 0 amide bonds. The molecule has 2 aromatic carbocycles. The average Bonchev–Trinajstić information content (AvgIpc) is 3.85. The van der Waals surface area contributed by atoms with Crippen molar-refractivity contribution in [3.63, 3.8) is 0 Å². The highest BCUT2D eigenvalue weighted by molar-refractivity contribution is 9.10. The van der Waals surface area contributed by atoms with E-state index in [0.717, 1.165) is 50.1 Å². The zero-order chi connectivity index (χ0) is 42.6. The first kappa shape index (κ1) is 43.3. The van der Waals surface area contributed by atoms with Crippen molar-refractivity contribution in [2.45, 2.75) is 38.1 Å². The van der Waals surface area contributed by atoms with E-state index in [2.05, 4.69) is 65.8 Å². The molecule has 4 fully saturated rings. The molecule has 4 aromatic heterocycles. The van der Waals surface area contributed by atoms with E-state index in [1.807, 2.05) is 43.4 Å². The molecule has 2 aliphatic heterocycles. The molecule has 4 bridgehead atoms. The van der Waals surface area contributed by atoms with Gasteiger partial charge in [0.15, 0.2) is 5.82 Å². The predicted octanol–water partition coefficient (Wildman–Crippen LogP) is 8.74. The molecule has 10 rings (SSSR count). The highest BCUT2D eigenvalue weighted by atomic mass is 79.9. The van der Waals surface area contributed by atoms with Crippen LogP contribution in [0.5, 0.6) is 23.5 Å². The number of fused-ring (bicyclic) bond motifs is 4. The Morgan fingerprint density at radius 1 is 0.639 bits per heavy atom. The molecule has 6 aromatic rings. The van der Waals surface area contributed by atoms with Gasteiger partial charge in [0.05, 0.1) is 0 Å². The van der Waals surface area contributed by atoms with Gasteiger partial charge in [-0.25, -0.2) is 29.3 Å². The number of aryl methyl sites for hydroxylation is 2. The fourth-order valence-electron chi connectivity index (χ4n) is 8.81. The predicted molar refractivity (Wildman–Crippen MR) is 239 cm³/mol. The maximum absolute atomic E-state index is 6.17. The molecule has 2 saturated carbocycles. The maximum Gasteiger partial charge on any atom is 0.321 e. The van der Waals surface area contributed by atoms with Crippen molar-refractivity contribution in [1.29, 1.82) is 0 Å². The molecule has 4 unspecified atom stereocenters. The van der Waals surface area contributed by atoms with Gasteiger partial charge < -0.3 is 25.0 Å². The minimum Gasteiger partial charge on any atom is -0.424 e. The van der Waals surface area contributed by atoms with E-state index in [1.165, 1.54) is 43.0 Å². The number of nitrogens with zero attached hydrogens (tertiary/aromatic N) is 12. The minimum atomic E-state index is 0.383. The van der Waals surface area contributed by atoms with Crippen molar-refractivity contribution < 1.29 is 9.47 Å². The Morgan fingerprint density at radius 2 is 1.11 bits per heavy atom.